The summed E-state index contributed by atoms with van der Waals surface area (Å²) in [6.07, 6.45) is 5.57. The Balaban J connectivity index is 1.66. The zero-order chi connectivity index (χ0) is 14.7. The Hall–Kier alpha value is -2.21. The van der Waals surface area contributed by atoms with Gasteiger partial charge in [-0.1, -0.05) is 26.0 Å². The van der Waals surface area contributed by atoms with Crippen molar-refractivity contribution < 1.29 is 0 Å². The molecule has 1 aromatic carbocycles. The molecule has 5 nitrogen and oxygen atoms in total. The number of imidazole rings is 1. The van der Waals surface area contributed by atoms with E-state index in [1.807, 2.05) is 17.1 Å². The number of nitrogens with one attached hydrogen (secondary N) is 1. The van der Waals surface area contributed by atoms with E-state index in [0.29, 0.717) is 5.92 Å². The maximum atomic E-state index is 4.47. The fourth-order valence-corrected chi connectivity index (χ4v) is 2.66. The maximum Gasteiger partial charge on any atom is 0.207 e. The van der Waals surface area contributed by atoms with Gasteiger partial charge in [-0.3, -0.25) is 0 Å². The van der Waals surface area contributed by atoms with Crippen LogP contribution in [-0.4, -0.2) is 18.9 Å². The van der Waals surface area contributed by atoms with Gasteiger partial charge in [0.1, 0.15) is 5.82 Å². The van der Waals surface area contributed by atoms with Crippen LogP contribution in [0.4, 0.5) is 10.8 Å². The summed E-state index contributed by atoms with van der Waals surface area (Å²) in [5.41, 5.74) is 2.26. The molecule has 1 N–H and O–H groups in total. The molecule has 6 heteroatoms. The predicted octanol–water partition coefficient (Wildman–Crippen LogP) is 3.65. The smallest absolute Gasteiger partial charge is 0.207 e. The summed E-state index contributed by atoms with van der Waals surface area (Å²) in [7, 11) is 0. The second kappa shape index (κ2) is 6.05. The van der Waals surface area contributed by atoms with Crippen molar-refractivity contribution in [2.24, 2.45) is 0 Å². The van der Waals surface area contributed by atoms with Crippen molar-refractivity contribution in [3.8, 4) is 0 Å². The Kier molecular flexibility index (Phi) is 3.96. The van der Waals surface area contributed by atoms with Gasteiger partial charge >= 0.3 is 0 Å². The van der Waals surface area contributed by atoms with Crippen molar-refractivity contribution >= 4 is 22.4 Å². The van der Waals surface area contributed by atoms with E-state index < -0.39 is 0 Å². The van der Waals surface area contributed by atoms with Crippen LogP contribution < -0.4 is 5.32 Å². The number of anilines is 2. The third kappa shape index (κ3) is 3.46. The van der Waals surface area contributed by atoms with Crippen LogP contribution in [0, 0.1) is 0 Å². The molecule has 3 rings (SSSR count). The molecule has 0 amide bonds. The van der Waals surface area contributed by atoms with Gasteiger partial charge in [-0.15, -0.1) is 0 Å². The van der Waals surface area contributed by atoms with Gasteiger partial charge < -0.3 is 9.88 Å². The predicted molar refractivity (Wildman–Crippen MR) is 85.1 cm³/mol. The molecule has 0 aliphatic heterocycles. The van der Waals surface area contributed by atoms with E-state index >= 15 is 0 Å². The Bertz CT molecular complexity index is 685. The summed E-state index contributed by atoms with van der Waals surface area (Å²) in [6.45, 7) is 5.02. The molecule has 2 heterocycles. The summed E-state index contributed by atoms with van der Waals surface area (Å²) in [6, 6.07) is 8.32. The molecule has 0 bridgehead atoms. The van der Waals surface area contributed by atoms with Crippen LogP contribution >= 0.6 is 11.5 Å². The van der Waals surface area contributed by atoms with E-state index in [1.165, 1.54) is 17.1 Å². The van der Waals surface area contributed by atoms with Gasteiger partial charge in [0, 0.05) is 42.1 Å². The zero-order valence-corrected chi connectivity index (χ0v) is 12.8. The van der Waals surface area contributed by atoms with Gasteiger partial charge in [0.25, 0.3) is 0 Å². The lowest BCUT2D eigenvalue weighted by Crippen LogP contribution is -1.97. The molecule has 3 aromatic rings. The van der Waals surface area contributed by atoms with Gasteiger partial charge in [0.15, 0.2) is 0 Å². The second-order valence-electron chi connectivity index (χ2n) is 5.17. The minimum Gasteiger partial charge on any atom is -0.333 e. The molecular formula is C15H17N5S. The largest absolute Gasteiger partial charge is 0.333 e. The number of aromatic nitrogens is 4. The van der Waals surface area contributed by atoms with Crippen LogP contribution in [0.25, 0.3) is 0 Å². The van der Waals surface area contributed by atoms with E-state index in [9.17, 15) is 0 Å². The fraction of sp³-hybridized carbons (Fsp3) is 0.267. The van der Waals surface area contributed by atoms with E-state index in [2.05, 4.69) is 57.8 Å². The Morgan fingerprint density at radius 1 is 1.24 bits per heavy atom. The third-order valence-corrected chi connectivity index (χ3v) is 3.73. The first-order chi connectivity index (χ1) is 10.2. The highest BCUT2D eigenvalue weighted by Crippen LogP contribution is 2.22. The monoisotopic (exact) mass is 299 g/mol. The molecular weight excluding hydrogens is 282 g/mol. The number of hydrogen-bond acceptors (Lipinski definition) is 5. The molecule has 0 aliphatic carbocycles. The van der Waals surface area contributed by atoms with E-state index in [1.54, 1.807) is 6.20 Å². The molecule has 108 valence electrons. The van der Waals surface area contributed by atoms with Crippen LogP contribution in [0.15, 0.2) is 43.0 Å². The molecule has 0 atom stereocenters. The summed E-state index contributed by atoms with van der Waals surface area (Å²) < 4.78 is 6.38. The Morgan fingerprint density at radius 3 is 2.67 bits per heavy atom. The SMILES string of the molecule is CC(C)c1nsc(Nc2ccc(Cn3ccnc3)cc2)n1. The van der Waals surface area contributed by atoms with Crippen molar-refractivity contribution in [2.45, 2.75) is 26.3 Å². The minimum absolute atomic E-state index is 0.356. The summed E-state index contributed by atoms with van der Waals surface area (Å²) >= 11 is 1.40. The van der Waals surface area contributed by atoms with Gasteiger partial charge in [-0.25, -0.2) is 9.97 Å². The normalized spacial score (nSPS) is 11.0. The topological polar surface area (TPSA) is 55.6 Å². The lowest BCUT2D eigenvalue weighted by atomic mass is 10.2. The number of rotatable bonds is 5. The van der Waals surface area contributed by atoms with Crippen LogP contribution in [0.1, 0.15) is 31.2 Å². The average molecular weight is 299 g/mol. The van der Waals surface area contributed by atoms with Crippen LogP contribution in [0.3, 0.4) is 0 Å². The number of nitrogens with zero attached hydrogens (tertiary/aromatic N) is 4. The first-order valence-corrected chi connectivity index (χ1v) is 7.63. The van der Waals surface area contributed by atoms with Crippen molar-refractivity contribution in [3.05, 3.63) is 54.4 Å². The molecule has 0 radical (unpaired) electrons. The first-order valence-electron chi connectivity index (χ1n) is 6.86. The lowest BCUT2D eigenvalue weighted by molar-refractivity contribution is 0.797. The van der Waals surface area contributed by atoms with Crippen molar-refractivity contribution in [3.63, 3.8) is 0 Å². The van der Waals surface area contributed by atoms with Crippen LogP contribution in [0.5, 0.6) is 0 Å². The average Bonchev–Trinajstić information content (AvgIpc) is 3.12. The summed E-state index contributed by atoms with van der Waals surface area (Å²) in [5.74, 6) is 1.24. The molecule has 0 spiro atoms. The molecule has 21 heavy (non-hydrogen) atoms. The summed E-state index contributed by atoms with van der Waals surface area (Å²) in [4.78, 5) is 8.52. The molecule has 0 saturated carbocycles. The van der Waals surface area contributed by atoms with Crippen molar-refractivity contribution in [1.82, 2.24) is 18.9 Å². The van der Waals surface area contributed by atoms with E-state index in [4.69, 9.17) is 0 Å². The Labute approximate surface area is 127 Å². The van der Waals surface area contributed by atoms with Gasteiger partial charge in [0.2, 0.25) is 5.13 Å². The van der Waals surface area contributed by atoms with Gasteiger partial charge in [0.05, 0.1) is 6.33 Å². The quantitative estimate of drug-likeness (QED) is 0.781. The second-order valence-corrected chi connectivity index (χ2v) is 5.92. The third-order valence-electron chi connectivity index (χ3n) is 3.09. The Morgan fingerprint density at radius 2 is 2.05 bits per heavy atom. The fourth-order valence-electron chi connectivity index (χ4n) is 1.93. The highest BCUT2D eigenvalue weighted by atomic mass is 32.1. The summed E-state index contributed by atoms with van der Waals surface area (Å²) in [5, 5.41) is 4.13. The molecule has 2 aromatic heterocycles. The highest BCUT2D eigenvalue weighted by molar-refractivity contribution is 7.09. The molecule has 0 saturated heterocycles. The van der Waals surface area contributed by atoms with E-state index in [0.717, 1.165) is 23.2 Å². The number of hydrogen-bond donors (Lipinski definition) is 1. The van der Waals surface area contributed by atoms with Crippen LogP contribution in [0.2, 0.25) is 0 Å². The van der Waals surface area contributed by atoms with Crippen LogP contribution in [-0.2, 0) is 6.54 Å². The minimum atomic E-state index is 0.356. The zero-order valence-electron chi connectivity index (χ0n) is 12.0. The maximum absolute atomic E-state index is 4.47. The van der Waals surface area contributed by atoms with E-state index in [-0.39, 0.29) is 0 Å². The lowest BCUT2D eigenvalue weighted by Gasteiger charge is -2.05. The van der Waals surface area contributed by atoms with Crippen molar-refractivity contribution in [2.75, 3.05) is 5.32 Å². The van der Waals surface area contributed by atoms with Crippen molar-refractivity contribution in [1.29, 1.82) is 0 Å². The van der Waals surface area contributed by atoms with Gasteiger partial charge in [-0.2, -0.15) is 4.37 Å². The molecule has 0 fully saturated rings. The highest BCUT2D eigenvalue weighted by Gasteiger charge is 2.07. The number of benzene rings is 1. The molecule has 0 unspecified atom stereocenters. The standard InChI is InChI=1S/C15H17N5S/c1-11(2)14-18-15(21-19-14)17-13-5-3-12(4-6-13)9-20-8-7-16-10-20/h3-8,10-11H,9H2,1-2H3,(H,17,18,19). The van der Waals surface area contributed by atoms with Gasteiger partial charge in [-0.05, 0) is 17.7 Å². The molecule has 0 aliphatic rings. The first kappa shape index (κ1) is 13.8.